The maximum absolute atomic E-state index is 14.2. The van der Waals surface area contributed by atoms with Gasteiger partial charge in [0.1, 0.15) is 28.9 Å². The number of hydrogen-bond acceptors (Lipinski definition) is 6. The Balaban J connectivity index is 0.000000180. The van der Waals surface area contributed by atoms with Crippen molar-refractivity contribution in [2.75, 3.05) is 11.5 Å². The van der Waals surface area contributed by atoms with Crippen LogP contribution in [-0.4, -0.2) is 26.2 Å². The van der Waals surface area contributed by atoms with E-state index in [2.05, 4.69) is 9.97 Å². The summed E-state index contributed by atoms with van der Waals surface area (Å²) in [7, 11) is 0. The van der Waals surface area contributed by atoms with Crippen molar-refractivity contribution in [2.24, 2.45) is 0 Å². The predicted molar refractivity (Wildman–Crippen MR) is 168 cm³/mol. The number of carbonyl (C=O) groups excluding carboxylic acids is 1. The third kappa shape index (κ3) is 6.63. The maximum Gasteiger partial charge on any atom is 0.419 e. The zero-order valence-corrected chi connectivity index (χ0v) is 25.0. The second-order valence-electron chi connectivity index (χ2n) is 10.9. The van der Waals surface area contributed by atoms with E-state index in [0.717, 1.165) is 11.1 Å². The molecule has 0 radical (unpaired) electrons. The summed E-state index contributed by atoms with van der Waals surface area (Å²) in [6.45, 7) is 5.27. The fourth-order valence-electron chi connectivity index (χ4n) is 4.71. The van der Waals surface area contributed by atoms with E-state index in [4.69, 9.17) is 39.4 Å². The van der Waals surface area contributed by atoms with Crippen LogP contribution in [0.5, 0.6) is 0 Å². The summed E-state index contributed by atoms with van der Waals surface area (Å²) in [6.07, 6.45) is 1.83. The van der Waals surface area contributed by atoms with E-state index in [1.54, 1.807) is 51.1 Å². The van der Waals surface area contributed by atoms with Crippen LogP contribution in [0, 0.1) is 11.6 Å². The highest BCUT2D eigenvalue weighted by Gasteiger charge is 2.25. The lowest BCUT2D eigenvalue weighted by Crippen LogP contribution is -2.27. The normalized spacial score (nSPS) is 12.4. The number of pyridine rings is 2. The SMILES string of the molecule is CC(C)(C)OC(=O)n1c(-c2cc(Cl)cc(N)n2)cc2c(F)cccc21.Nc1cc(Cl)cc(C2=Cc3c(F)cccc3C2)n1. The fourth-order valence-corrected chi connectivity index (χ4v) is 5.14. The maximum atomic E-state index is 14.2. The van der Waals surface area contributed by atoms with Gasteiger partial charge in [0.2, 0.25) is 0 Å². The molecule has 0 atom stereocenters. The first-order valence-corrected chi connectivity index (χ1v) is 13.9. The van der Waals surface area contributed by atoms with Gasteiger partial charge in [-0.2, -0.15) is 0 Å². The van der Waals surface area contributed by atoms with Gasteiger partial charge < -0.3 is 16.2 Å². The summed E-state index contributed by atoms with van der Waals surface area (Å²) in [6, 6.07) is 17.5. The molecule has 11 heteroatoms. The number of hydrogen-bond donors (Lipinski definition) is 2. The molecule has 220 valence electrons. The van der Waals surface area contributed by atoms with Crippen LogP contribution in [0.1, 0.15) is 37.6 Å². The number of halogens is 4. The van der Waals surface area contributed by atoms with Crippen LogP contribution >= 0.6 is 23.2 Å². The fraction of sp³-hybridized carbons (Fsp3) is 0.156. The Morgan fingerprint density at radius 2 is 1.49 bits per heavy atom. The van der Waals surface area contributed by atoms with Crippen molar-refractivity contribution in [2.45, 2.75) is 32.8 Å². The van der Waals surface area contributed by atoms with Gasteiger partial charge in [-0.3, -0.25) is 0 Å². The summed E-state index contributed by atoms with van der Waals surface area (Å²) in [5.41, 5.74) is 15.0. The molecule has 0 saturated heterocycles. The molecule has 43 heavy (non-hydrogen) atoms. The molecule has 1 aliphatic rings. The molecule has 0 spiro atoms. The Labute approximate surface area is 256 Å². The second kappa shape index (κ2) is 11.7. The Hall–Kier alpha value is -4.47. The van der Waals surface area contributed by atoms with Gasteiger partial charge in [-0.25, -0.2) is 28.1 Å². The minimum absolute atomic E-state index is 0.198. The Kier molecular flexibility index (Phi) is 8.14. The number of nitrogen functional groups attached to an aromatic ring is 2. The van der Waals surface area contributed by atoms with E-state index in [1.807, 2.05) is 12.1 Å². The smallest absolute Gasteiger partial charge is 0.419 e. The molecule has 0 unspecified atom stereocenters. The highest BCUT2D eigenvalue weighted by Crippen LogP contribution is 2.34. The van der Waals surface area contributed by atoms with Crippen LogP contribution in [0.25, 0.3) is 33.9 Å². The first-order chi connectivity index (χ1) is 20.3. The Morgan fingerprint density at radius 1 is 0.884 bits per heavy atom. The topological polar surface area (TPSA) is 109 Å². The molecule has 0 amide bonds. The lowest BCUT2D eigenvalue weighted by Gasteiger charge is -2.21. The number of carbonyl (C=O) groups is 1. The average molecular weight is 623 g/mol. The zero-order valence-electron chi connectivity index (χ0n) is 23.5. The van der Waals surface area contributed by atoms with Gasteiger partial charge in [-0.15, -0.1) is 0 Å². The van der Waals surface area contributed by atoms with E-state index >= 15 is 0 Å². The molecule has 0 aliphatic heterocycles. The number of benzene rings is 2. The van der Waals surface area contributed by atoms with Crippen LogP contribution in [-0.2, 0) is 11.2 Å². The van der Waals surface area contributed by atoms with E-state index in [1.165, 1.54) is 34.9 Å². The van der Waals surface area contributed by atoms with Crippen LogP contribution < -0.4 is 11.5 Å². The highest BCUT2D eigenvalue weighted by atomic mass is 35.5. The minimum atomic E-state index is -0.709. The van der Waals surface area contributed by atoms with Crippen molar-refractivity contribution >= 4 is 63.5 Å². The summed E-state index contributed by atoms with van der Waals surface area (Å²) in [4.78, 5) is 21.2. The van der Waals surface area contributed by atoms with Gasteiger partial charge in [0.05, 0.1) is 22.6 Å². The number of nitrogens with two attached hydrogens (primary N) is 2. The number of nitrogens with zero attached hydrogens (tertiary/aromatic N) is 3. The molecule has 3 aromatic heterocycles. The lowest BCUT2D eigenvalue weighted by molar-refractivity contribution is 0.0547. The third-order valence-corrected chi connectivity index (χ3v) is 6.86. The van der Waals surface area contributed by atoms with Crippen molar-refractivity contribution in [3.05, 3.63) is 105 Å². The standard InChI is InChI=1S/C18H17ClFN3O2.C14H10ClFN2/c1-18(2,3)25-17(24)23-14-6-4-5-12(20)11(14)9-15(23)13-7-10(19)8-16(21)22-13;15-10-6-13(18-14(17)7-10)9-4-8-2-1-3-12(16)11(8)5-9/h4-9H,1-3H3,(H2,21,22);1-3,5-7H,4H2,(H2,17,18). The molecule has 5 aromatic rings. The van der Waals surface area contributed by atoms with Crippen LogP contribution in [0.15, 0.2) is 66.7 Å². The van der Waals surface area contributed by atoms with Crippen molar-refractivity contribution in [3.63, 3.8) is 0 Å². The molecule has 4 N–H and O–H groups in total. The molecular weight excluding hydrogens is 595 g/mol. The number of allylic oxidation sites excluding steroid dienone is 1. The van der Waals surface area contributed by atoms with Gasteiger partial charge in [-0.1, -0.05) is 41.4 Å². The van der Waals surface area contributed by atoms with Gasteiger partial charge >= 0.3 is 6.09 Å². The van der Waals surface area contributed by atoms with Gasteiger partial charge in [0.15, 0.2) is 0 Å². The monoisotopic (exact) mass is 621 g/mol. The van der Waals surface area contributed by atoms with Crippen LogP contribution in [0.2, 0.25) is 10.0 Å². The third-order valence-electron chi connectivity index (χ3n) is 6.42. The molecule has 2 aromatic carbocycles. The molecule has 6 rings (SSSR count). The average Bonchev–Trinajstić information content (AvgIpc) is 3.51. The zero-order chi connectivity index (χ0) is 31.1. The number of rotatable bonds is 2. The van der Waals surface area contributed by atoms with Crippen molar-refractivity contribution in [1.29, 1.82) is 0 Å². The molecule has 7 nitrogen and oxygen atoms in total. The molecule has 0 saturated carbocycles. The van der Waals surface area contributed by atoms with Gasteiger partial charge in [0.25, 0.3) is 0 Å². The predicted octanol–water partition coefficient (Wildman–Crippen LogP) is 8.41. The molecule has 1 aliphatic carbocycles. The minimum Gasteiger partial charge on any atom is -0.443 e. The van der Waals surface area contributed by atoms with Crippen molar-refractivity contribution in [1.82, 2.24) is 14.5 Å². The van der Waals surface area contributed by atoms with E-state index in [-0.39, 0.29) is 17.0 Å². The van der Waals surface area contributed by atoms with Crippen LogP contribution in [0.3, 0.4) is 0 Å². The van der Waals surface area contributed by atoms with Gasteiger partial charge in [0, 0.05) is 27.4 Å². The lowest BCUT2D eigenvalue weighted by atomic mass is 10.1. The van der Waals surface area contributed by atoms with Crippen molar-refractivity contribution < 1.29 is 18.3 Å². The Morgan fingerprint density at radius 3 is 2.12 bits per heavy atom. The molecule has 3 heterocycles. The molecular formula is C32H27Cl2F2N5O2. The van der Waals surface area contributed by atoms with E-state index in [0.29, 0.717) is 50.4 Å². The Bertz CT molecular complexity index is 1870. The van der Waals surface area contributed by atoms with Crippen molar-refractivity contribution in [3.8, 4) is 11.4 Å². The van der Waals surface area contributed by atoms with Crippen LogP contribution in [0.4, 0.5) is 25.2 Å². The second-order valence-corrected chi connectivity index (χ2v) is 11.7. The van der Waals surface area contributed by atoms with E-state index in [9.17, 15) is 13.6 Å². The van der Waals surface area contributed by atoms with E-state index < -0.39 is 17.5 Å². The first kappa shape index (κ1) is 30.0. The summed E-state index contributed by atoms with van der Waals surface area (Å²) < 4.78 is 34.6. The summed E-state index contributed by atoms with van der Waals surface area (Å²) in [5.74, 6) is -0.0904. The number of fused-ring (bicyclic) bond motifs is 2. The van der Waals surface area contributed by atoms with Gasteiger partial charge in [-0.05, 0) is 86.5 Å². The highest BCUT2D eigenvalue weighted by molar-refractivity contribution is 6.31. The largest absolute Gasteiger partial charge is 0.443 e. The molecule has 0 fully saturated rings. The first-order valence-electron chi connectivity index (χ1n) is 13.2. The summed E-state index contributed by atoms with van der Waals surface area (Å²) in [5, 5.41) is 1.18. The quantitative estimate of drug-likeness (QED) is 0.205. The number of aromatic nitrogens is 3. The number of ether oxygens (including phenoxy) is 1. The number of anilines is 2. The summed E-state index contributed by atoms with van der Waals surface area (Å²) >= 11 is 12.0. The molecule has 0 bridgehead atoms.